The Morgan fingerprint density at radius 2 is 1.72 bits per heavy atom. The molecular weight excluding hydrogens is 343 g/mol. The van der Waals surface area contributed by atoms with Crippen molar-refractivity contribution in [2.75, 3.05) is 12.8 Å². The normalized spacial score (nSPS) is 12.8. The second-order valence-corrected chi connectivity index (χ2v) is 7.84. The van der Waals surface area contributed by atoms with Gasteiger partial charge in [0.05, 0.1) is 18.8 Å². The zero-order valence-corrected chi connectivity index (χ0v) is 15.0. The molecule has 2 rings (SSSR count). The molecule has 0 aromatic heterocycles. The van der Waals surface area contributed by atoms with Gasteiger partial charge in [-0.05, 0) is 30.2 Å². The van der Waals surface area contributed by atoms with Crippen LogP contribution < -0.4 is 5.32 Å². The fourth-order valence-electron chi connectivity index (χ4n) is 2.36. The molecule has 1 N–H and O–H groups in total. The molecule has 2 aromatic carbocycles. The molecule has 2 aromatic rings. The van der Waals surface area contributed by atoms with Gasteiger partial charge in [-0.15, -0.1) is 0 Å². The summed E-state index contributed by atoms with van der Waals surface area (Å²) >= 11 is 0. The van der Waals surface area contributed by atoms with Crippen LogP contribution in [0.25, 0.3) is 0 Å². The van der Waals surface area contributed by atoms with E-state index in [4.69, 9.17) is 0 Å². The summed E-state index contributed by atoms with van der Waals surface area (Å²) in [6.07, 6.45) is 1.08. The van der Waals surface area contributed by atoms with E-state index in [9.17, 15) is 17.6 Å². The standard InChI is InChI=1S/C18H21FN2O3S/c1-14(16-8-10-17(19)11-9-16)20-18(22)13-21(25(2,23)24)12-15-6-4-3-5-7-15/h3-11,14H,12-13H2,1-2H3,(H,20,22). The number of carbonyl (C=O) groups excluding carboxylic acids is 1. The Kier molecular flexibility index (Phi) is 6.27. The predicted molar refractivity (Wildman–Crippen MR) is 94.7 cm³/mol. The molecule has 0 aliphatic heterocycles. The summed E-state index contributed by atoms with van der Waals surface area (Å²) in [7, 11) is -3.54. The Bertz CT molecular complexity index is 808. The topological polar surface area (TPSA) is 66.5 Å². The zero-order chi connectivity index (χ0) is 18.4. The van der Waals surface area contributed by atoms with Gasteiger partial charge >= 0.3 is 0 Å². The van der Waals surface area contributed by atoms with Gasteiger partial charge in [-0.25, -0.2) is 12.8 Å². The summed E-state index contributed by atoms with van der Waals surface area (Å²) in [6.45, 7) is 1.60. The molecule has 0 spiro atoms. The van der Waals surface area contributed by atoms with Crippen molar-refractivity contribution < 1.29 is 17.6 Å². The van der Waals surface area contributed by atoms with E-state index in [1.54, 1.807) is 31.2 Å². The maximum absolute atomic E-state index is 13.0. The van der Waals surface area contributed by atoms with Gasteiger partial charge in [0.15, 0.2) is 0 Å². The van der Waals surface area contributed by atoms with Crippen LogP contribution in [0.15, 0.2) is 54.6 Å². The molecule has 1 atom stereocenters. The molecule has 0 bridgehead atoms. The highest BCUT2D eigenvalue weighted by Gasteiger charge is 2.21. The lowest BCUT2D eigenvalue weighted by Gasteiger charge is -2.21. The van der Waals surface area contributed by atoms with Crippen molar-refractivity contribution in [2.45, 2.75) is 19.5 Å². The summed E-state index contributed by atoms with van der Waals surface area (Å²) in [4.78, 5) is 12.2. The van der Waals surface area contributed by atoms with Gasteiger partial charge in [-0.1, -0.05) is 42.5 Å². The van der Waals surface area contributed by atoms with Gasteiger partial charge in [0.2, 0.25) is 15.9 Å². The predicted octanol–water partition coefficient (Wildman–Crippen LogP) is 2.46. The lowest BCUT2D eigenvalue weighted by Crippen LogP contribution is -2.40. The van der Waals surface area contributed by atoms with Crippen molar-refractivity contribution >= 4 is 15.9 Å². The van der Waals surface area contributed by atoms with E-state index in [1.807, 2.05) is 18.2 Å². The number of hydrogen-bond acceptors (Lipinski definition) is 3. The number of sulfonamides is 1. The Labute approximate surface area is 147 Å². The third-order valence-corrected chi connectivity index (χ3v) is 4.93. The molecule has 0 aliphatic carbocycles. The van der Waals surface area contributed by atoms with Crippen molar-refractivity contribution in [3.05, 3.63) is 71.5 Å². The van der Waals surface area contributed by atoms with E-state index < -0.39 is 15.9 Å². The fraction of sp³-hybridized carbons (Fsp3) is 0.278. The van der Waals surface area contributed by atoms with E-state index >= 15 is 0 Å². The molecule has 0 aliphatic rings. The summed E-state index contributed by atoms with van der Waals surface area (Å²) in [6, 6.07) is 14.5. The first-order chi connectivity index (χ1) is 11.8. The summed E-state index contributed by atoms with van der Waals surface area (Å²) in [5.74, 6) is -0.772. The van der Waals surface area contributed by atoms with Gasteiger partial charge < -0.3 is 5.32 Å². The van der Waals surface area contributed by atoms with Crippen molar-refractivity contribution in [3.63, 3.8) is 0 Å². The van der Waals surface area contributed by atoms with Crippen LogP contribution in [0.1, 0.15) is 24.1 Å². The van der Waals surface area contributed by atoms with E-state index in [1.165, 1.54) is 12.1 Å². The third-order valence-electron chi connectivity index (χ3n) is 3.74. The molecule has 0 saturated carbocycles. The van der Waals surface area contributed by atoms with E-state index in [2.05, 4.69) is 5.32 Å². The highest BCUT2D eigenvalue weighted by molar-refractivity contribution is 7.88. The molecule has 1 unspecified atom stereocenters. The minimum atomic E-state index is -3.54. The average molecular weight is 364 g/mol. The first-order valence-corrected chi connectivity index (χ1v) is 9.64. The first-order valence-electron chi connectivity index (χ1n) is 7.79. The van der Waals surface area contributed by atoms with Gasteiger partial charge in [0.1, 0.15) is 5.82 Å². The van der Waals surface area contributed by atoms with E-state index in [0.29, 0.717) is 0 Å². The van der Waals surface area contributed by atoms with Gasteiger partial charge in [0, 0.05) is 6.54 Å². The number of amides is 1. The van der Waals surface area contributed by atoms with Crippen LogP contribution in [0.4, 0.5) is 4.39 Å². The molecule has 134 valence electrons. The molecule has 0 heterocycles. The molecule has 0 fully saturated rings. The first kappa shape index (κ1) is 19.1. The quantitative estimate of drug-likeness (QED) is 0.821. The van der Waals surface area contributed by atoms with E-state index in [-0.39, 0.29) is 24.9 Å². The molecule has 1 amide bonds. The number of hydrogen-bond donors (Lipinski definition) is 1. The van der Waals surface area contributed by atoms with Crippen molar-refractivity contribution in [3.8, 4) is 0 Å². The average Bonchev–Trinajstić information content (AvgIpc) is 2.55. The molecule has 0 saturated heterocycles. The van der Waals surface area contributed by atoms with Crippen molar-refractivity contribution in [2.24, 2.45) is 0 Å². The summed E-state index contributed by atoms with van der Waals surface area (Å²) in [5, 5.41) is 2.74. The summed E-state index contributed by atoms with van der Waals surface area (Å²) < 4.78 is 38.0. The second-order valence-electron chi connectivity index (χ2n) is 5.86. The second kappa shape index (κ2) is 8.22. The van der Waals surface area contributed by atoms with Gasteiger partial charge in [-0.3, -0.25) is 4.79 Å². The molecule has 5 nitrogen and oxygen atoms in total. The minimum absolute atomic E-state index is 0.123. The Hall–Kier alpha value is -2.25. The minimum Gasteiger partial charge on any atom is -0.348 e. The number of benzene rings is 2. The SMILES string of the molecule is CC(NC(=O)CN(Cc1ccccc1)S(C)(=O)=O)c1ccc(F)cc1. The van der Waals surface area contributed by atoms with E-state index in [0.717, 1.165) is 21.7 Å². The maximum atomic E-state index is 13.0. The summed E-state index contributed by atoms with van der Waals surface area (Å²) in [5.41, 5.74) is 1.54. The largest absolute Gasteiger partial charge is 0.348 e. The Morgan fingerprint density at radius 1 is 1.12 bits per heavy atom. The lowest BCUT2D eigenvalue weighted by atomic mass is 10.1. The number of nitrogens with one attached hydrogen (secondary N) is 1. The van der Waals surface area contributed by atoms with Crippen molar-refractivity contribution in [1.29, 1.82) is 0 Å². The number of nitrogens with zero attached hydrogens (tertiary/aromatic N) is 1. The van der Waals surface area contributed by atoms with Crippen LogP contribution in [0, 0.1) is 5.82 Å². The van der Waals surface area contributed by atoms with Crippen LogP contribution in [0.5, 0.6) is 0 Å². The third kappa shape index (κ3) is 5.95. The monoisotopic (exact) mass is 364 g/mol. The fourth-order valence-corrected chi connectivity index (χ4v) is 3.09. The highest BCUT2D eigenvalue weighted by atomic mass is 32.2. The van der Waals surface area contributed by atoms with Crippen LogP contribution in [-0.4, -0.2) is 31.4 Å². The Balaban J connectivity index is 2.03. The van der Waals surface area contributed by atoms with Crippen LogP contribution in [0.3, 0.4) is 0 Å². The molecular formula is C18H21FN2O3S. The molecule has 7 heteroatoms. The smallest absolute Gasteiger partial charge is 0.235 e. The van der Waals surface area contributed by atoms with Crippen LogP contribution in [-0.2, 0) is 21.4 Å². The van der Waals surface area contributed by atoms with Crippen LogP contribution >= 0.6 is 0 Å². The molecule has 25 heavy (non-hydrogen) atoms. The maximum Gasteiger partial charge on any atom is 0.235 e. The number of rotatable bonds is 7. The van der Waals surface area contributed by atoms with Crippen molar-refractivity contribution in [1.82, 2.24) is 9.62 Å². The number of carbonyl (C=O) groups is 1. The molecule has 0 radical (unpaired) electrons. The lowest BCUT2D eigenvalue weighted by molar-refractivity contribution is -0.122. The van der Waals surface area contributed by atoms with Gasteiger partial charge in [-0.2, -0.15) is 4.31 Å². The Morgan fingerprint density at radius 3 is 2.28 bits per heavy atom. The zero-order valence-electron chi connectivity index (χ0n) is 14.1. The van der Waals surface area contributed by atoms with Gasteiger partial charge in [0.25, 0.3) is 0 Å². The highest BCUT2D eigenvalue weighted by Crippen LogP contribution is 2.13. The number of halogens is 1. The van der Waals surface area contributed by atoms with Crippen LogP contribution in [0.2, 0.25) is 0 Å².